The van der Waals surface area contributed by atoms with Crippen molar-refractivity contribution in [1.29, 1.82) is 0 Å². The van der Waals surface area contributed by atoms with Gasteiger partial charge in [-0.2, -0.15) is 0 Å². The van der Waals surface area contributed by atoms with Crippen molar-refractivity contribution in [2.75, 3.05) is 54.6 Å². The van der Waals surface area contributed by atoms with Gasteiger partial charge in [-0.25, -0.2) is 0 Å². The quantitative estimate of drug-likeness (QED) is 0.421. The Morgan fingerprint density at radius 2 is 1.57 bits per heavy atom. The van der Waals surface area contributed by atoms with Crippen LogP contribution in [0.2, 0.25) is 0 Å². The van der Waals surface area contributed by atoms with Crippen molar-refractivity contribution in [2.45, 2.75) is 13.8 Å². The van der Waals surface area contributed by atoms with Gasteiger partial charge >= 0.3 is 0 Å². The number of carbonyl (C=O) groups excluding carboxylic acids is 2. The van der Waals surface area contributed by atoms with E-state index >= 15 is 0 Å². The Kier molecular flexibility index (Phi) is 10.9. The van der Waals surface area contributed by atoms with Gasteiger partial charge in [-0.3, -0.25) is 9.59 Å². The summed E-state index contributed by atoms with van der Waals surface area (Å²) >= 11 is 0. The Balaban J connectivity index is 2.35. The maximum Gasteiger partial charge on any atom is 0.267 e. The van der Waals surface area contributed by atoms with Crippen LogP contribution >= 0.6 is 0 Å². The van der Waals surface area contributed by atoms with Crippen molar-refractivity contribution < 1.29 is 28.5 Å². The van der Waals surface area contributed by atoms with Crippen molar-refractivity contribution in [1.82, 2.24) is 15.5 Å². The van der Waals surface area contributed by atoms with E-state index in [4.69, 9.17) is 18.9 Å². The summed E-state index contributed by atoms with van der Waals surface area (Å²) in [6.45, 7) is 7.05. The van der Waals surface area contributed by atoms with Crippen molar-refractivity contribution in [2.24, 2.45) is 0 Å². The monoisotopic (exact) mass is 485 g/mol. The summed E-state index contributed by atoms with van der Waals surface area (Å²) in [6.07, 6.45) is 1.60. The van der Waals surface area contributed by atoms with Crippen LogP contribution in [0.4, 0.5) is 0 Å². The van der Waals surface area contributed by atoms with E-state index in [9.17, 15) is 9.59 Å². The van der Waals surface area contributed by atoms with Crippen LogP contribution in [0, 0.1) is 0 Å². The lowest BCUT2D eigenvalue weighted by Gasteiger charge is -2.19. The van der Waals surface area contributed by atoms with Gasteiger partial charge in [0.1, 0.15) is 11.4 Å². The minimum atomic E-state index is -0.503. The molecule has 0 spiro atoms. The van der Waals surface area contributed by atoms with Gasteiger partial charge in [-0.05, 0) is 49.0 Å². The molecular weight excluding hydrogens is 450 g/mol. The van der Waals surface area contributed by atoms with Crippen molar-refractivity contribution in [3.05, 3.63) is 53.2 Å². The van der Waals surface area contributed by atoms with Crippen LogP contribution in [-0.4, -0.2) is 71.3 Å². The topological polar surface area (TPSA) is 98.4 Å². The second-order valence-electron chi connectivity index (χ2n) is 7.49. The summed E-state index contributed by atoms with van der Waals surface area (Å²) < 4.78 is 21.3. The maximum atomic E-state index is 13.2. The summed E-state index contributed by atoms with van der Waals surface area (Å²) in [7, 11) is 5.99. The lowest BCUT2D eigenvalue weighted by atomic mass is 10.1. The van der Waals surface area contributed by atoms with E-state index in [1.807, 2.05) is 12.1 Å². The average Bonchev–Trinajstić information content (AvgIpc) is 2.89. The fourth-order valence-corrected chi connectivity index (χ4v) is 3.43. The predicted octanol–water partition coefficient (Wildman–Crippen LogP) is 2.95. The Labute approximate surface area is 207 Å². The highest BCUT2D eigenvalue weighted by molar-refractivity contribution is 6.05. The average molecular weight is 486 g/mol. The standard InChI is InChI=1S/C26H35N3O6/c1-7-29(8-2)13-12-27-26(31)21(15-18-10-9-11-20(14-18)32-3)28-25(30)19-16-22(33-4)24(35-6)23(17-19)34-5/h9-11,14-17H,7-8,12-13H2,1-6H3,(H,27,31)(H,28,30)/b21-15+. The van der Waals surface area contributed by atoms with Crippen LogP contribution in [0.25, 0.3) is 6.08 Å². The number of nitrogens with one attached hydrogen (secondary N) is 2. The summed E-state index contributed by atoms with van der Waals surface area (Å²) in [5, 5.41) is 5.62. The van der Waals surface area contributed by atoms with Crippen LogP contribution in [0.3, 0.4) is 0 Å². The summed E-state index contributed by atoms with van der Waals surface area (Å²) in [4.78, 5) is 28.4. The lowest BCUT2D eigenvalue weighted by Crippen LogP contribution is -2.39. The number of amides is 2. The van der Waals surface area contributed by atoms with E-state index < -0.39 is 11.8 Å². The highest BCUT2D eigenvalue weighted by Gasteiger charge is 2.20. The number of hydrogen-bond acceptors (Lipinski definition) is 7. The fraction of sp³-hybridized carbons (Fsp3) is 0.385. The van der Waals surface area contributed by atoms with Gasteiger partial charge in [-0.1, -0.05) is 26.0 Å². The van der Waals surface area contributed by atoms with Gasteiger partial charge in [0, 0.05) is 18.7 Å². The van der Waals surface area contributed by atoms with E-state index in [1.54, 1.807) is 25.3 Å². The molecule has 0 unspecified atom stereocenters. The van der Waals surface area contributed by atoms with E-state index in [0.29, 0.717) is 41.7 Å². The van der Waals surface area contributed by atoms with Gasteiger partial charge in [0.15, 0.2) is 11.5 Å². The minimum Gasteiger partial charge on any atom is -0.497 e. The summed E-state index contributed by atoms with van der Waals surface area (Å²) in [6, 6.07) is 10.2. The van der Waals surface area contributed by atoms with Crippen LogP contribution in [-0.2, 0) is 4.79 Å². The molecule has 0 aromatic heterocycles. The molecule has 35 heavy (non-hydrogen) atoms. The number of rotatable bonds is 13. The third-order valence-corrected chi connectivity index (χ3v) is 5.43. The van der Waals surface area contributed by atoms with Crippen LogP contribution in [0.5, 0.6) is 23.0 Å². The third kappa shape index (κ3) is 7.65. The molecule has 0 aliphatic rings. The molecule has 0 saturated carbocycles. The molecule has 9 nitrogen and oxygen atoms in total. The second-order valence-corrected chi connectivity index (χ2v) is 7.49. The second kappa shape index (κ2) is 13.9. The molecule has 0 bridgehead atoms. The molecule has 2 aromatic carbocycles. The molecule has 0 radical (unpaired) electrons. The number of likely N-dealkylation sites (N-methyl/N-ethyl adjacent to an activating group) is 1. The first-order valence-electron chi connectivity index (χ1n) is 11.4. The van der Waals surface area contributed by atoms with E-state index in [0.717, 1.165) is 13.1 Å². The predicted molar refractivity (Wildman–Crippen MR) is 135 cm³/mol. The molecule has 2 N–H and O–H groups in total. The zero-order valence-electron chi connectivity index (χ0n) is 21.3. The first kappa shape index (κ1) is 27.5. The summed E-state index contributed by atoms with van der Waals surface area (Å²) in [5.74, 6) is 0.764. The molecule has 0 aliphatic carbocycles. The van der Waals surface area contributed by atoms with E-state index in [1.165, 1.54) is 33.5 Å². The highest BCUT2D eigenvalue weighted by atomic mass is 16.5. The number of methoxy groups -OCH3 is 4. The molecule has 9 heteroatoms. The van der Waals surface area contributed by atoms with Crippen molar-refractivity contribution in [3.8, 4) is 23.0 Å². The fourth-order valence-electron chi connectivity index (χ4n) is 3.43. The number of benzene rings is 2. The highest BCUT2D eigenvalue weighted by Crippen LogP contribution is 2.38. The minimum absolute atomic E-state index is 0.0940. The third-order valence-electron chi connectivity index (χ3n) is 5.43. The normalized spacial score (nSPS) is 11.1. The Morgan fingerprint density at radius 1 is 0.914 bits per heavy atom. The number of hydrogen-bond donors (Lipinski definition) is 2. The Hall–Kier alpha value is -3.72. The Morgan fingerprint density at radius 3 is 2.11 bits per heavy atom. The number of carbonyl (C=O) groups is 2. The molecular formula is C26H35N3O6. The lowest BCUT2D eigenvalue weighted by molar-refractivity contribution is -0.117. The molecule has 0 heterocycles. The van der Waals surface area contributed by atoms with Gasteiger partial charge in [-0.15, -0.1) is 0 Å². The van der Waals surface area contributed by atoms with Crippen LogP contribution in [0.15, 0.2) is 42.1 Å². The molecule has 0 atom stereocenters. The molecule has 2 rings (SSSR count). The smallest absolute Gasteiger partial charge is 0.267 e. The molecule has 2 aromatic rings. The SMILES string of the molecule is CCN(CC)CCNC(=O)/C(=C\c1cccc(OC)c1)NC(=O)c1cc(OC)c(OC)c(OC)c1. The molecule has 0 fully saturated rings. The van der Waals surface area contributed by atoms with E-state index in [-0.39, 0.29) is 11.3 Å². The van der Waals surface area contributed by atoms with E-state index in [2.05, 4.69) is 29.4 Å². The van der Waals surface area contributed by atoms with Gasteiger partial charge < -0.3 is 34.5 Å². The zero-order valence-corrected chi connectivity index (χ0v) is 21.3. The zero-order chi connectivity index (χ0) is 25.8. The van der Waals surface area contributed by atoms with Crippen molar-refractivity contribution in [3.63, 3.8) is 0 Å². The van der Waals surface area contributed by atoms with Crippen molar-refractivity contribution >= 4 is 17.9 Å². The molecule has 0 saturated heterocycles. The Bertz CT molecular complexity index is 1010. The van der Waals surface area contributed by atoms with Gasteiger partial charge in [0.2, 0.25) is 5.75 Å². The molecule has 2 amide bonds. The van der Waals surface area contributed by atoms with Crippen LogP contribution in [0.1, 0.15) is 29.8 Å². The summed E-state index contributed by atoms with van der Waals surface area (Å²) in [5.41, 5.74) is 1.03. The molecule has 0 aliphatic heterocycles. The van der Waals surface area contributed by atoms with Crippen LogP contribution < -0.4 is 29.6 Å². The largest absolute Gasteiger partial charge is 0.497 e. The molecule has 190 valence electrons. The maximum absolute atomic E-state index is 13.2. The number of ether oxygens (including phenoxy) is 4. The first-order chi connectivity index (χ1) is 16.9. The number of nitrogens with zero attached hydrogens (tertiary/aromatic N) is 1. The van der Waals surface area contributed by atoms with Gasteiger partial charge in [0.25, 0.3) is 11.8 Å². The van der Waals surface area contributed by atoms with Gasteiger partial charge in [0.05, 0.1) is 28.4 Å². The first-order valence-corrected chi connectivity index (χ1v) is 11.4.